The highest BCUT2D eigenvalue weighted by Crippen LogP contribution is 2.18. The zero-order valence-corrected chi connectivity index (χ0v) is 14.3. The van der Waals surface area contributed by atoms with Gasteiger partial charge in [-0.15, -0.1) is 0 Å². The summed E-state index contributed by atoms with van der Waals surface area (Å²) < 4.78 is 12.2. The van der Waals surface area contributed by atoms with E-state index in [1.54, 1.807) is 0 Å². The van der Waals surface area contributed by atoms with Gasteiger partial charge in [0.1, 0.15) is 0 Å². The smallest absolute Gasteiger partial charge is 0.0436 e. The molecular weight excluding hydrogens is 266 g/mol. The molecule has 0 radical (unpaired) electrons. The van der Waals surface area contributed by atoms with Crippen LogP contribution in [0, 0.1) is 19.8 Å². The lowest BCUT2D eigenvalue weighted by Crippen LogP contribution is -2.27. The Morgan fingerprint density at radius 2 is 1.75 bits per heavy atom. The molecule has 1 N–H and O–H groups in total. The molecule has 0 fully saturated rings. The van der Waals surface area contributed by atoms with Crippen molar-refractivity contribution in [1.29, 1.82) is 0 Å². The zero-order valence-electron chi connectivity index (χ0n) is 13.5. The molecule has 0 amide bonds. The maximum Gasteiger partial charge on any atom is 0.0436 e. The van der Waals surface area contributed by atoms with E-state index >= 15 is 0 Å². The Labute approximate surface area is 126 Å². The molecule has 0 saturated heterocycles. The molecule has 20 heavy (non-hydrogen) atoms. The molecule has 2 nitrogen and oxygen atoms in total. The first-order chi connectivity index (χ1) is 9.42. The van der Waals surface area contributed by atoms with Gasteiger partial charge in [0.25, 0.3) is 0 Å². The van der Waals surface area contributed by atoms with Crippen LogP contribution in [0.2, 0.25) is 0 Å². The second kappa shape index (κ2) is 8.58. The fourth-order valence-electron chi connectivity index (χ4n) is 2.37. The summed E-state index contributed by atoms with van der Waals surface area (Å²) in [6.45, 7) is 11.6. The average molecular weight is 295 g/mol. The lowest BCUT2D eigenvalue weighted by Gasteiger charge is -2.19. The van der Waals surface area contributed by atoms with Crippen molar-refractivity contribution >= 4 is 10.8 Å². The van der Waals surface area contributed by atoms with Crippen molar-refractivity contribution in [2.75, 3.05) is 18.1 Å². The number of hydrogen-bond acceptors (Lipinski definition) is 2. The predicted molar refractivity (Wildman–Crippen MR) is 89.7 cm³/mol. The Balaban J connectivity index is 2.75. The highest BCUT2D eigenvalue weighted by Gasteiger charge is 2.15. The van der Waals surface area contributed by atoms with E-state index in [0.29, 0.717) is 11.7 Å². The van der Waals surface area contributed by atoms with Crippen LogP contribution in [0.3, 0.4) is 0 Å². The molecule has 1 aromatic rings. The van der Waals surface area contributed by atoms with E-state index in [1.807, 2.05) is 0 Å². The minimum atomic E-state index is -0.748. The second-order valence-corrected chi connectivity index (χ2v) is 7.65. The topological polar surface area (TPSA) is 29.1 Å². The van der Waals surface area contributed by atoms with E-state index in [9.17, 15) is 4.21 Å². The molecule has 0 aliphatic carbocycles. The van der Waals surface area contributed by atoms with Crippen LogP contribution < -0.4 is 5.32 Å². The summed E-state index contributed by atoms with van der Waals surface area (Å²) in [5, 5.41) is 3.48. The molecule has 0 bridgehead atoms. The Bertz CT molecular complexity index is 422. The minimum Gasteiger partial charge on any atom is -0.309 e. The third-order valence-electron chi connectivity index (χ3n) is 3.37. The molecule has 0 heterocycles. The average Bonchev–Trinajstić information content (AvgIpc) is 2.34. The fraction of sp³-hybridized carbons (Fsp3) is 0.647. The first-order valence-electron chi connectivity index (χ1n) is 7.59. The molecule has 1 aromatic carbocycles. The molecule has 3 heteroatoms. The Morgan fingerprint density at radius 1 is 1.15 bits per heavy atom. The summed E-state index contributed by atoms with van der Waals surface area (Å²) in [5.41, 5.74) is 3.81. The number of hydrogen-bond donors (Lipinski definition) is 1. The quantitative estimate of drug-likeness (QED) is 0.791. The second-order valence-electron chi connectivity index (χ2n) is 6.02. The van der Waals surface area contributed by atoms with Gasteiger partial charge >= 0.3 is 0 Å². The number of aryl methyl sites for hydroxylation is 2. The SMILES string of the molecule is CCNC(CS(=O)CCC(C)C)c1cc(C)cc(C)c1. The summed E-state index contributed by atoms with van der Waals surface area (Å²) in [4.78, 5) is 0. The van der Waals surface area contributed by atoms with Gasteiger partial charge in [0.05, 0.1) is 0 Å². The normalized spacial score (nSPS) is 14.5. The molecule has 0 aliphatic heterocycles. The van der Waals surface area contributed by atoms with E-state index in [0.717, 1.165) is 18.7 Å². The van der Waals surface area contributed by atoms with Gasteiger partial charge in [-0.1, -0.05) is 50.1 Å². The molecule has 0 saturated carbocycles. The largest absolute Gasteiger partial charge is 0.309 e. The first kappa shape index (κ1) is 17.4. The van der Waals surface area contributed by atoms with Crippen LogP contribution in [0.4, 0.5) is 0 Å². The fourth-order valence-corrected chi connectivity index (χ4v) is 3.95. The highest BCUT2D eigenvalue weighted by molar-refractivity contribution is 7.85. The number of nitrogens with one attached hydrogen (secondary N) is 1. The molecule has 2 atom stereocenters. The molecular formula is C17H29NOS. The minimum absolute atomic E-state index is 0.201. The van der Waals surface area contributed by atoms with E-state index in [1.165, 1.54) is 16.7 Å². The van der Waals surface area contributed by atoms with Gasteiger partial charge in [-0.05, 0) is 38.3 Å². The maximum atomic E-state index is 12.2. The summed E-state index contributed by atoms with van der Waals surface area (Å²) in [6.07, 6.45) is 1.04. The zero-order chi connectivity index (χ0) is 15.1. The van der Waals surface area contributed by atoms with Crippen LogP contribution >= 0.6 is 0 Å². The van der Waals surface area contributed by atoms with Crippen molar-refractivity contribution in [1.82, 2.24) is 5.32 Å². The van der Waals surface area contributed by atoms with Gasteiger partial charge in [-0.3, -0.25) is 4.21 Å². The summed E-state index contributed by atoms with van der Waals surface area (Å²) in [5.74, 6) is 2.14. The molecule has 0 aromatic heterocycles. The Morgan fingerprint density at radius 3 is 2.25 bits per heavy atom. The molecule has 114 valence electrons. The van der Waals surface area contributed by atoms with Crippen molar-refractivity contribution in [3.8, 4) is 0 Å². The maximum absolute atomic E-state index is 12.2. The van der Waals surface area contributed by atoms with Crippen LogP contribution in [0.25, 0.3) is 0 Å². The van der Waals surface area contributed by atoms with Crippen LogP contribution in [0.5, 0.6) is 0 Å². The van der Waals surface area contributed by atoms with Crippen molar-refractivity contribution in [3.63, 3.8) is 0 Å². The summed E-state index contributed by atoms with van der Waals surface area (Å²) in [7, 11) is -0.748. The predicted octanol–water partition coefficient (Wildman–Crippen LogP) is 3.75. The highest BCUT2D eigenvalue weighted by atomic mass is 32.2. The van der Waals surface area contributed by atoms with Gasteiger partial charge in [-0.2, -0.15) is 0 Å². The van der Waals surface area contributed by atoms with Crippen LogP contribution in [-0.2, 0) is 10.8 Å². The van der Waals surface area contributed by atoms with Gasteiger partial charge in [0.15, 0.2) is 0 Å². The first-order valence-corrected chi connectivity index (χ1v) is 9.07. The van der Waals surface area contributed by atoms with E-state index in [2.05, 4.69) is 58.1 Å². The van der Waals surface area contributed by atoms with Gasteiger partial charge in [0.2, 0.25) is 0 Å². The lowest BCUT2D eigenvalue weighted by atomic mass is 10.0. The van der Waals surface area contributed by atoms with Crippen molar-refractivity contribution in [2.24, 2.45) is 5.92 Å². The number of benzene rings is 1. The molecule has 1 rings (SSSR count). The van der Waals surface area contributed by atoms with Crippen molar-refractivity contribution in [2.45, 2.75) is 47.1 Å². The van der Waals surface area contributed by atoms with Crippen LogP contribution in [-0.4, -0.2) is 22.3 Å². The summed E-state index contributed by atoms with van der Waals surface area (Å²) in [6, 6.07) is 6.80. The monoisotopic (exact) mass is 295 g/mol. The van der Waals surface area contributed by atoms with Gasteiger partial charge in [0, 0.05) is 28.3 Å². The molecule has 0 spiro atoms. The third-order valence-corrected chi connectivity index (χ3v) is 4.77. The molecule has 2 unspecified atom stereocenters. The van der Waals surface area contributed by atoms with E-state index < -0.39 is 10.8 Å². The standard InChI is InChI=1S/C17H29NOS/c1-6-18-17(12-20(19)8-7-13(2)3)16-10-14(4)9-15(5)11-16/h9-11,13,17-18H,6-8,12H2,1-5H3. The Kier molecular flexibility index (Phi) is 7.46. The van der Waals surface area contributed by atoms with Crippen molar-refractivity contribution in [3.05, 3.63) is 34.9 Å². The molecule has 0 aliphatic rings. The van der Waals surface area contributed by atoms with Gasteiger partial charge < -0.3 is 5.32 Å². The van der Waals surface area contributed by atoms with Gasteiger partial charge in [-0.25, -0.2) is 0 Å². The number of rotatable bonds is 8. The van der Waals surface area contributed by atoms with Crippen LogP contribution in [0.1, 0.15) is 49.9 Å². The van der Waals surface area contributed by atoms with E-state index in [4.69, 9.17) is 0 Å². The van der Waals surface area contributed by atoms with E-state index in [-0.39, 0.29) is 6.04 Å². The third kappa shape index (κ3) is 6.19. The summed E-state index contributed by atoms with van der Waals surface area (Å²) >= 11 is 0. The van der Waals surface area contributed by atoms with Crippen molar-refractivity contribution < 1.29 is 4.21 Å². The Hall–Kier alpha value is -0.670. The lowest BCUT2D eigenvalue weighted by molar-refractivity contribution is 0.586. The van der Waals surface area contributed by atoms with Crippen LogP contribution in [0.15, 0.2) is 18.2 Å².